The largest absolute Gasteiger partial charge is 0.309 e. The second kappa shape index (κ2) is 10.4. The van der Waals surface area contributed by atoms with E-state index in [2.05, 4.69) is 23.5 Å². The Hall–Kier alpha value is -1.44. The first-order valence-corrected chi connectivity index (χ1v) is 12.0. The average molecular weight is 410 g/mol. The standard InChI is InChI=1S/C21H35N3O3S/c1-5-12-23(13-6-2)14-8-11-22-28(26,27)19-9-10-20-18(16-19)15-17(4)24(20)21(25)7-3/h9-10,16-17,22H,5-8,11-15H2,1-4H3. The fraction of sp³-hybridized carbons (Fsp3) is 0.667. The Kier molecular flexibility index (Phi) is 8.46. The van der Waals surface area contributed by atoms with Crippen molar-refractivity contribution in [1.82, 2.24) is 9.62 Å². The maximum Gasteiger partial charge on any atom is 0.240 e. The van der Waals surface area contributed by atoms with Gasteiger partial charge in [0.05, 0.1) is 4.90 Å². The van der Waals surface area contributed by atoms with E-state index in [9.17, 15) is 13.2 Å². The van der Waals surface area contributed by atoms with Gasteiger partial charge in [0, 0.05) is 24.7 Å². The molecular weight excluding hydrogens is 374 g/mol. The van der Waals surface area contributed by atoms with Crippen LogP contribution >= 0.6 is 0 Å². The van der Waals surface area contributed by atoms with Crippen molar-refractivity contribution in [3.8, 4) is 0 Å². The van der Waals surface area contributed by atoms with E-state index in [4.69, 9.17) is 0 Å². The normalized spacial score (nSPS) is 16.6. The minimum absolute atomic E-state index is 0.0662. The van der Waals surface area contributed by atoms with Gasteiger partial charge in [0.1, 0.15) is 0 Å². The third-order valence-corrected chi connectivity index (χ3v) is 6.63. The van der Waals surface area contributed by atoms with E-state index in [0.29, 0.717) is 19.4 Å². The van der Waals surface area contributed by atoms with E-state index < -0.39 is 10.0 Å². The van der Waals surface area contributed by atoms with E-state index in [0.717, 1.165) is 50.1 Å². The van der Waals surface area contributed by atoms with Crippen LogP contribution in [0.15, 0.2) is 23.1 Å². The van der Waals surface area contributed by atoms with Gasteiger partial charge in [0.15, 0.2) is 0 Å². The molecule has 0 aliphatic carbocycles. The molecule has 1 aromatic carbocycles. The lowest BCUT2D eigenvalue weighted by Gasteiger charge is -2.22. The minimum atomic E-state index is -3.54. The zero-order valence-corrected chi connectivity index (χ0v) is 18.5. The lowest BCUT2D eigenvalue weighted by atomic mass is 10.1. The summed E-state index contributed by atoms with van der Waals surface area (Å²) in [5.74, 6) is 0.0729. The maximum absolute atomic E-state index is 12.7. The molecule has 1 amide bonds. The molecule has 0 aromatic heterocycles. The monoisotopic (exact) mass is 409 g/mol. The lowest BCUT2D eigenvalue weighted by Crippen LogP contribution is -2.35. The van der Waals surface area contributed by atoms with E-state index >= 15 is 0 Å². The summed E-state index contributed by atoms with van der Waals surface area (Å²) in [5.41, 5.74) is 1.77. The number of sulfonamides is 1. The average Bonchev–Trinajstić information content (AvgIpc) is 2.99. The summed E-state index contributed by atoms with van der Waals surface area (Å²) in [6, 6.07) is 5.16. The molecule has 1 aliphatic heterocycles. The first-order valence-electron chi connectivity index (χ1n) is 10.5. The van der Waals surface area contributed by atoms with E-state index in [1.165, 1.54) is 0 Å². The quantitative estimate of drug-likeness (QED) is 0.570. The van der Waals surface area contributed by atoms with E-state index in [1.807, 2.05) is 13.8 Å². The van der Waals surface area contributed by atoms with Crippen molar-refractivity contribution >= 4 is 21.6 Å². The first-order chi connectivity index (χ1) is 13.3. The number of fused-ring (bicyclic) bond motifs is 1. The van der Waals surface area contributed by atoms with Gasteiger partial charge < -0.3 is 9.80 Å². The van der Waals surface area contributed by atoms with Crippen LogP contribution in [-0.2, 0) is 21.2 Å². The molecule has 1 unspecified atom stereocenters. The SMILES string of the molecule is CCCN(CCC)CCCNS(=O)(=O)c1ccc2c(c1)CC(C)N2C(=O)CC. The molecule has 0 radical (unpaired) electrons. The fourth-order valence-electron chi connectivity index (χ4n) is 3.89. The van der Waals surface area contributed by atoms with Gasteiger partial charge in [-0.05, 0) is 76.0 Å². The second-order valence-electron chi connectivity index (χ2n) is 7.55. The zero-order valence-electron chi connectivity index (χ0n) is 17.7. The van der Waals surface area contributed by atoms with Crippen LogP contribution in [0.5, 0.6) is 0 Å². The van der Waals surface area contributed by atoms with Crippen LogP contribution in [-0.4, -0.2) is 51.4 Å². The summed E-state index contributed by atoms with van der Waals surface area (Å²) in [5, 5.41) is 0. The Labute approximate surface area is 170 Å². The van der Waals surface area contributed by atoms with Crippen LogP contribution in [0.2, 0.25) is 0 Å². The number of nitrogens with one attached hydrogen (secondary N) is 1. The first kappa shape index (κ1) is 22.8. The van der Waals surface area contributed by atoms with Gasteiger partial charge in [-0.25, -0.2) is 13.1 Å². The number of nitrogens with zero attached hydrogens (tertiary/aromatic N) is 2. The Morgan fingerprint density at radius 3 is 2.46 bits per heavy atom. The Bertz CT molecular complexity index is 758. The van der Waals surface area contributed by atoms with Crippen molar-refractivity contribution in [3.05, 3.63) is 23.8 Å². The van der Waals surface area contributed by atoms with Crippen LogP contribution < -0.4 is 9.62 Å². The zero-order chi connectivity index (χ0) is 20.7. The molecule has 2 rings (SSSR count). The van der Waals surface area contributed by atoms with Crippen LogP contribution in [0.1, 0.15) is 58.9 Å². The lowest BCUT2D eigenvalue weighted by molar-refractivity contribution is -0.118. The molecule has 0 bridgehead atoms. The summed E-state index contributed by atoms with van der Waals surface area (Å²) in [6.45, 7) is 11.6. The Morgan fingerprint density at radius 1 is 1.18 bits per heavy atom. The number of benzene rings is 1. The number of rotatable bonds is 11. The van der Waals surface area contributed by atoms with Crippen LogP contribution in [0.4, 0.5) is 5.69 Å². The number of carbonyl (C=O) groups excluding carboxylic acids is 1. The summed E-state index contributed by atoms with van der Waals surface area (Å²) in [6.07, 6.45) is 4.14. The topological polar surface area (TPSA) is 69.7 Å². The molecule has 0 saturated heterocycles. The van der Waals surface area contributed by atoms with Crippen LogP contribution in [0.25, 0.3) is 0 Å². The number of amides is 1. The summed E-state index contributed by atoms with van der Waals surface area (Å²) >= 11 is 0. The third-order valence-electron chi connectivity index (χ3n) is 5.17. The van der Waals surface area contributed by atoms with Crippen molar-refractivity contribution < 1.29 is 13.2 Å². The summed E-state index contributed by atoms with van der Waals surface area (Å²) in [4.78, 5) is 16.6. The van der Waals surface area contributed by atoms with Gasteiger partial charge in [-0.1, -0.05) is 20.8 Å². The summed E-state index contributed by atoms with van der Waals surface area (Å²) in [7, 11) is -3.54. The molecule has 0 spiro atoms. The van der Waals surface area contributed by atoms with Crippen molar-refractivity contribution in [3.63, 3.8) is 0 Å². The highest BCUT2D eigenvalue weighted by atomic mass is 32.2. The van der Waals surface area contributed by atoms with Gasteiger partial charge >= 0.3 is 0 Å². The highest BCUT2D eigenvalue weighted by molar-refractivity contribution is 7.89. The van der Waals surface area contributed by atoms with Crippen LogP contribution in [0, 0.1) is 0 Å². The fourth-order valence-corrected chi connectivity index (χ4v) is 5.01. The van der Waals surface area contributed by atoms with Crippen molar-refractivity contribution in [1.29, 1.82) is 0 Å². The molecule has 0 fully saturated rings. The molecule has 1 heterocycles. The predicted molar refractivity (Wildman–Crippen MR) is 114 cm³/mol. The molecule has 1 aliphatic rings. The smallest absolute Gasteiger partial charge is 0.240 e. The van der Waals surface area contributed by atoms with Gasteiger partial charge in [-0.3, -0.25) is 4.79 Å². The Morgan fingerprint density at radius 2 is 1.86 bits per heavy atom. The molecule has 158 valence electrons. The third kappa shape index (κ3) is 5.55. The van der Waals surface area contributed by atoms with Crippen molar-refractivity contribution in [2.75, 3.05) is 31.1 Å². The highest BCUT2D eigenvalue weighted by Crippen LogP contribution is 2.34. The molecule has 6 nitrogen and oxygen atoms in total. The molecule has 7 heteroatoms. The highest BCUT2D eigenvalue weighted by Gasteiger charge is 2.31. The van der Waals surface area contributed by atoms with Gasteiger partial charge in [0.25, 0.3) is 0 Å². The molecule has 0 saturated carbocycles. The van der Waals surface area contributed by atoms with Crippen molar-refractivity contribution in [2.24, 2.45) is 0 Å². The van der Waals surface area contributed by atoms with Gasteiger partial charge in [-0.15, -0.1) is 0 Å². The second-order valence-corrected chi connectivity index (χ2v) is 9.32. The molecule has 28 heavy (non-hydrogen) atoms. The van der Waals surface area contributed by atoms with E-state index in [-0.39, 0.29) is 16.8 Å². The summed E-state index contributed by atoms with van der Waals surface area (Å²) < 4.78 is 28.1. The minimum Gasteiger partial charge on any atom is -0.309 e. The van der Waals surface area contributed by atoms with E-state index in [1.54, 1.807) is 23.1 Å². The van der Waals surface area contributed by atoms with Gasteiger partial charge in [-0.2, -0.15) is 0 Å². The van der Waals surface area contributed by atoms with Crippen molar-refractivity contribution in [2.45, 2.75) is 70.7 Å². The number of hydrogen-bond donors (Lipinski definition) is 1. The molecular formula is C21H35N3O3S. The van der Waals surface area contributed by atoms with Gasteiger partial charge in [0.2, 0.25) is 15.9 Å². The molecule has 1 aromatic rings. The predicted octanol–water partition coefficient (Wildman–Crippen LogP) is 3.16. The van der Waals surface area contributed by atoms with Crippen LogP contribution in [0.3, 0.4) is 0 Å². The Balaban J connectivity index is 1.99. The molecule has 1 atom stereocenters. The molecule has 1 N–H and O–H groups in total. The maximum atomic E-state index is 12.7. The number of hydrogen-bond acceptors (Lipinski definition) is 4. The number of carbonyl (C=O) groups is 1. The number of anilines is 1.